The summed E-state index contributed by atoms with van der Waals surface area (Å²) in [6.07, 6.45) is 1.39. The van der Waals surface area contributed by atoms with Crippen LogP contribution < -0.4 is 4.74 Å². The zero-order valence-electron chi connectivity index (χ0n) is 9.56. The van der Waals surface area contributed by atoms with Crippen LogP contribution in [0.25, 0.3) is 0 Å². The zero-order valence-corrected chi connectivity index (χ0v) is 9.56. The number of benzene rings is 1. The minimum Gasteiger partial charge on any atom is -0.496 e. The van der Waals surface area contributed by atoms with E-state index in [0.29, 0.717) is 24.5 Å². The van der Waals surface area contributed by atoms with Crippen LogP contribution in [0, 0.1) is 5.92 Å². The molecule has 0 heterocycles. The van der Waals surface area contributed by atoms with Gasteiger partial charge in [-0.2, -0.15) is 0 Å². The molecular formula is C13H16O3. The summed E-state index contributed by atoms with van der Waals surface area (Å²) in [5.41, 5.74) is 0.0783. The lowest BCUT2D eigenvalue weighted by molar-refractivity contribution is -0.149. The van der Waals surface area contributed by atoms with Crippen LogP contribution in [-0.4, -0.2) is 18.2 Å². The number of hydrogen-bond acceptors (Lipinski definition) is 2. The van der Waals surface area contributed by atoms with Gasteiger partial charge in [-0.05, 0) is 24.8 Å². The molecule has 1 N–H and O–H groups in total. The molecule has 1 fully saturated rings. The third kappa shape index (κ3) is 1.47. The Morgan fingerprint density at radius 3 is 2.56 bits per heavy atom. The molecule has 0 atom stereocenters. The lowest BCUT2D eigenvalue weighted by Crippen LogP contribution is -2.47. The van der Waals surface area contributed by atoms with Crippen molar-refractivity contribution in [3.05, 3.63) is 29.8 Å². The molecule has 3 heteroatoms. The number of carbonyl (C=O) groups is 1. The molecule has 86 valence electrons. The van der Waals surface area contributed by atoms with Crippen LogP contribution in [0.5, 0.6) is 5.75 Å². The van der Waals surface area contributed by atoms with Gasteiger partial charge in [0.15, 0.2) is 0 Å². The summed E-state index contributed by atoms with van der Waals surface area (Å²) in [6, 6.07) is 7.41. The Balaban J connectivity index is 2.44. The molecule has 0 spiro atoms. The van der Waals surface area contributed by atoms with Crippen LogP contribution in [0.3, 0.4) is 0 Å². The average molecular weight is 220 g/mol. The Hall–Kier alpha value is -1.51. The fourth-order valence-corrected chi connectivity index (χ4v) is 2.68. The highest BCUT2D eigenvalue weighted by molar-refractivity contribution is 5.83. The molecule has 0 amide bonds. The molecule has 0 radical (unpaired) electrons. The first kappa shape index (κ1) is 11.0. The molecule has 0 unspecified atom stereocenters. The van der Waals surface area contributed by atoms with Gasteiger partial charge in [-0.25, -0.2) is 0 Å². The van der Waals surface area contributed by atoms with Crippen LogP contribution in [0.1, 0.15) is 25.3 Å². The van der Waals surface area contributed by atoms with Crippen LogP contribution in [0.4, 0.5) is 0 Å². The predicted octanol–water partition coefficient (Wildman–Crippen LogP) is 2.45. The molecule has 3 nitrogen and oxygen atoms in total. The minimum absolute atomic E-state index is 0.473. The van der Waals surface area contributed by atoms with Crippen LogP contribution in [0.15, 0.2) is 24.3 Å². The van der Waals surface area contributed by atoms with E-state index in [-0.39, 0.29) is 0 Å². The van der Waals surface area contributed by atoms with Crippen LogP contribution in [0.2, 0.25) is 0 Å². The van der Waals surface area contributed by atoms with Crippen LogP contribution >= 0.6 is 0 Å². The number of ether oxygens (including phenoxy) is 1. The molecule has 1 aliphatic rings. The molecule has 2 rings (SSSR count). The van der Waals surface area contributed by atoms with Crippen molar-refractivity contribution in [1.82, 2.24) is 0 Å². The van der Waals surface area contributed by atoms with E-state index in [2.05, 4.69) is 6.92 Å². The van der Waals surface area contributed by atoms with Crippen molar-refractivity contribution in [2.24, 2.45) is 5.92 Å². The maximum atomic E-state index is 11.5. The lowest BCUT2D eigenvalue weighted by Gasteiger charge is -2.43. The van der Waals surface area contributed by atoms with Gasteiger partial charge in [0, 0.05) is 5.56 Å². The standard InChI is InChI=1S/C13H16O3/c1-9-7-13(8-9,12(14)15)10-5-3-4-6-11(10)16-2/h3-6,9H,7-8H2,1-2H3,(H,14,15). The van der Waals surface area contributed by atoms with Crippen molar-refractivity contribution < 1.29 is 14.6 Å². The first-order chi connectivity index (χ1) is 7.60. The van der Waals surface area contributed by atoms with E-state index in [9.17, 15) is 9.90 Å². The Morgan fingerprint density at radius 1 is 1.44 bits per heavy atom. The van der Waals surface area contributed by atoms with Crippen molar-refractivity contribution in [2.75, 3.05) is 7.11 Å². The number of aliphatic carboxylic acids is 1. The maximum absolute atomic E-state index is 11.5. The van der Waals surface area contributed by atoms with Gasteiger partial charge < -0.3 is 9.84 Å². The van der Waals surface area contributed by atoms with Crippen LogP contribution in [-0.2, 0) is 10.2 Å². The second kappa shape index (κ2) is 3.81. The number of para-hydroxylation sites is 1. The lowest BCUT2D eigenvalue weighted by atomic mass is 9.59. The van der Waals surface area contributed by atoms with E-state index in [1.54, 1.807) is 7.11 Å². The molecule has 1 aliphatic carbocycles. The second-order valence-electron chi connectivity index (χ2n) is 4.60. The molecule has 1 aromatic rings. The number of carboxylic acids is 1. The summed E-state index contributed by atoms with van der Waals surface area (Å²) in [7, 11) is 1.58. The molecule has 1 aromatic carbocycles. The topological polar surface area (TPSA) is 46.5 Å². The Morgan fingerprint density at radius 2 is 2.06 bits per heavy atom. The molecule has 0 aromatic heterocycles. The van der Waals surface area contributed by atoms with Crippen molar-refractivity contribution in [3.8, 4) is 5.75 Å². The summed E-state index contributed by atoms with van der Waals surface area (Å²) < 4.78 is 5.25. The monoisotopic (exact) mass is 220 g/mol. The highest BCUT2D eigenvalue weighted by Crippen LogP contribution is 2.50. The maximum Gasteiger partial charge on any atom is 0.314 e. The molecule has 0 aliphatic heterocycles. The number of rotatable bonds is 3. The third-order valence-corrected chi connectivity index (χ3v) is 3.43. The minimum atomic E-state index is -0.741. The fourth-order valence-electron chi connectivity index (χ4n) is 2.68. The molecule has 0 bridgehead atoms. The van der Waals surface area contributed by atoms with Gasteiger partial charge in [0.2, 0.25) is 0 Å². The van der Waals surface area contributed by atoms with Gasteiger partial charge in [-0.1, -0.05) is 25.1 Å². The molecule has 1 saturated carbocycles. The highest BCUT2D eigenvalue weighted by Gasteiger charge is 2.51. The number of hydrogen-bond donors (Lipinski definition) is 1. The van der Waals surface area contributed by atoms with E-state index in [0.717, 1.165) is 5.56 Å². The third-order valence-electron chi connectivity index (χ3n) is 3.43. The van der Waals surface area contributed by atoms with E-state index >= 15 is 0 Å². The fraction of sp³-hybridized carbons (Fsp3) is 0.462. The van der Waals surface area contributed by atoms with Crippen molar-refractivity contribution >= 4 is 5.97 Å². The van der Waals surface area contributed by atoms with Gasteiger partial charge in [-0.3, -0.25) is 4.79 Å². The average Bonchev–Trinajstić information content (AvgIpc) is 2.24. The normalized spacial score (nSPS) is 28.2. The van der Waals surface area contributed by atoms with Crippen molar-refractivity contribution in [3.63, 3.8) is 0 Å². The van der Waals surface area contributed by atoms with Crippen molar-refractivity contribution in [2.45, 2.75) is 25.2 Å². The van der Waals surface area contributed by atoms with Crippen molar-refractivity contribution in [1.29, 1.82) is 0 Å². The van der Waals surface area contributed by atoms with Gasteiger partial charge >= 0.3 is 5.97 Å². The molecule has 16 heavy (non-hydrogen) atoms. The van der Waals surface area contributed by atoms with Gasteiger partial charge in [0.05, 0.1) is 12.5 Å². The van der Waals surface area contributed by atoms with E-state index < -0.39 is 11.4 Å². The smallest absolute Gasteiger partial charge is 0.314 e. The number of carboxylic acid groups (broad SMARTS) is 1. The zero-order chi connectivity index (χ0) is 11.8. The number of methoxy groups -OCH3 is 1. The van der Waals surface area contributed by atoms with E-state index in [1.807, 2.05) is 24.3 Å². The SMILES string of the molecule is COc1ccccc1C1(C(=O)O)CC(C)C1. The van der Waals surface area contributed by atoms with Gasteiger partial charge in [0.1, 0.15) is 5.75 Å². The van der Waals surface area contributed by atoms with E-state index in [4.69, 9.17) is 4.74 Å². The van der Waals surface area contributed by atoms with Gasteiger partial charge in [0.25, 0.3) is 0 Å². The summed E-state index contributed by atoms with van der Waals surface area (Å²) in [4.78, 5) is 11.5. The summed E-state index contributed by atoms with van der Waals surface area (Å²) in [5, 5.41) is 9.42. The first-order valence-corrected chi connectivity index (χ1v) is 5.47. The molecular weight excluding hydrogens is 204 g/mol. The molecule has 0 saturated heterocycles. The predicted molar refractivity (Wildman–Crippen MR) is 60.7 cm³/mol. The van der Waals surface area contributed by atoms with Gasteiger partial charge in [-0.15, -0.1) is 0 Å². The second-order valence-corrected chi connectivity index (χ2v) is 4.60. The summed E-state index contributed by atoms with van der Waals surface area (Å²) in [6.45, 7) is 2.08. The highest BCUT2D eigenvalue weighted by atomic mass is 16.5. The largest absolute Gasteiger partial charge is 0.496 e. The summed E-state index contributed by atoms with van der Waals surface area (Å²) in [5.74, 6) is 0.410. The Kier molecular flexibility index (Phi) is 2.62. The quantitative estimate of drug-likeness (QED) is 0.851. The summed E-state index contributed by atoms with van der Waals surface area (Å²) >= 11 is 0. The Labute approximate surface area is 95.0 Å². The first-order valence-electron chi connectivity index (χ1n) is 5.47. The van der Waals surface area contributed by atoms with E-state index in [1.165, 1.54) is 0 Å². The Bertz CT molecular complexity index is 405.